The van der Waals surface area contributed by atoms with Gasteiger partial charge in [0.2, 0.25) is 0 Å². The van der Waals surface area contributed by atoms with Gasteiger partial charge in [-0.15, -0.1) is 0 Å². The van der Waals surface area contributed by atoms with E-state index >= 15 is 0 Å². The fourth-order valence-corrected chi connectivity index (χ4v) is 2.33. The van der Waals surface area contributed by atoms with E-state index in [1.807, 2.05) is 13.0 Å². The lowest BCUT2D eigenvalue weighted by Crippen LogP contribution is -2.36. The van der Waals surface area contributed by atoms with Crippen molar-refractivity contribution >= 4 is 5.78 Å². The number of rotatable bonds is 1. The topological polar surface area (TPSA) is 20.3 Å². The van der Waals surface area contributed by atoms with Crippen LogP contribution in [0.1, 0.15) is 34.3 Å². The van der Waals surface area contributed by atoms with Gasteiger partial charge in [-0.3, -0.25) is 9.69 Å². The van der Waals surface area contributed by atoms with E-state index in [1.165, 1.54) is 24.0 Å². The molecule has 78 valence electrons. The molecule has 0 bridgehead atoms. The summed E-state index contributed by atoms with van der Waals surface area (Å²) in [5, 5.41) is 0. The van der Waals surface area contributed by atoms with Gasteiger partial charge in [-0.2, -0.15) is 0 Å². The van der Waals surface area contributed by atoms with E-state index in [4.69, 9.17) is 0 Å². The monoisotopic (exact) mass is 201 g/mol. The summed E-state index contributed by atoms with van der Waals surface area (Å²) in [4.78, 5) is 14.3. The maximum atomic E-state index is 11.9. The van der Waals surface area contributed by atoms with E-state index in [0.29, 0.717) is 18.4 Å². The Kier molecular flexibility index (Phi) is 1.93. The van der Waals surface area contributed by atoms with E-state index in [1.54, 1.807) is 0 Å². The molecular formula is C13H15NO. The van der Waals surface area contributed by atoms with Crippen LogP contribution in [0.2, 0.25) is 0 Å². The first-order valence-electron chi connectivity index (χ1n) is 5.61. The summed E-state index contributed by atoms with van der Waals surface area (Å²) in [5.41, 5.74) is 3.35. The van der Waals surface area contributed by atoms with Gasteiger partial charge in [0, 0.05) is 18.2 Å². The van der Waals surface area contributed by atoms with Crippen LogP contribution in [0.5, 0.6) is 0 Å². The number of ketones is 1. The SMILES string of the molecule is Cc1ccc2c(c1)C(=O)CN(C1CC1)C2. The van der Waals surface area contributed by atoms with Gasteiger partial charge in [0.1, 0.15) is 0 Å². The first-order chi connectivity index (χ1) is 7.24. The number of aryl methyl sites for hydroxylation is 1. The van der Waals surface area contributed by atoms with Gasteiger partial charge in [-0.1, -0.05) is 17.7 Å². The summed E-state index contributed by atoms with van der Waals surface area (Å²) in [7, 11) is 0. The van der Waals surface area contributed by atoms with E-state index in [-0.39, 0.29) is 0 Å². The van der Waals surface area contributed by atoms with Crippen LogP contribution in [-0.2, 0) is 6.54 Å². The lowest BCUT2D eigenvalue weighted by molar-refractivity contribution is 0.0893. The molecule has 2 aliphatic rings. The maximum absolute atomic E-state index is 11.9. The molecular weight excluding hydrogens is 186 g/mol. The summed E-state index contributed by atoms with van der Waals surface area (Å²) >= 11 is 0. The van der Waals surface area contributed by atoms with Gasteiger partial charge in [-0.25, -0.2) is 0 Å². The second-order valence-corrected chi connectivity index (χ2v) is 4.72. The Balaban J connectivity index is 1.96. The molecule has 3 rings (SSSR count). The van der Waals surface area contributed by atoms with Gasteiger partial charge in [0.25, 0.3) is 0 Å². The van der Waals surface area contributed by atoms with Gasteiger partial charge in [0.15, 0.2) is 5.78 Å². The van der Waals surface area contributed by atoms with Crippen LogP contribution in [0.25, 0.3) is 0 Å². The van der Waals surface area contributed by atoms with E-state index < -0.39 is 0 Å². The Hall–Kier alpha value is -1.15. The molecule has 0 saturated heterocycles. The molecule has 1 aromatic rings. The molecule has 1 heterocycles. The molecule has 0 unspecified atom stereocenters. The minimum Gasteiger partial charge on any atom is -0.293 e. The molecule has 2 heteroatoms. The van der Waals surface area contributed by atoms with Crippen LogP contribution in [0.15, 0.2) is 18.2 Å². The first-order valence-corrected chi connectivity index (χ1v) is 5.61. The zero-order chi connectivity index (χ0) is 10.4. The highest BCUT2D eigenvalue weighted by molar-refractivity contribution is 6.00. The summed E-state index contributed by atoms with van der Waals surface area (Å²) in [5.74, 6) is 0.298. The smallest absolute Gasteiger partial charge is 0.177 e. The number of benzene rings is 1. The van der Waals surface area contributed by atoms with Gasteiger partial charge < -0.3 is 0 Å². The van der Waals surface area contributed by atoms with E-state index in [0.717, 1.165) is 12.1 Å². The van der Waals surface area contributed by atoms with Crippen LogP contribution in [0.3, 0.4) is 0 Å². The summed E-state index contributed by atoms with van der Waals surface area (Å²) in [6.45, 7) is 3.63. The molecule has 1 aliphatic heterocycles. The van der Waals surface area contributed by atoms with Crippen molar-refractivity contribution in [3.05, 3.63) is 34.9 Å². The second kappa shape index (κ2) is 3.17. The third-order valence-electron chi connectivity index (χ3n) is 3.35. The molecule has 1 aromatic carbocycles. The first kappa shape index (κ1) is 9.10. The molecule has 0 amide bonds. The Labute approximate surface area is 89.9 Å². The highest BCUT2D eigenvalue weighted by Crippen LogP contribution is 2.31. The van der Waals surface area contributed by atoms with Crippen molar-refractivity contribution in [2.45, 2.75) is 32.4 Å². The van der Waals surface area contributed by atoms with Crippen molar-refractivity contribution < 1.29 is 4.79 Å². The zero-order valence-corrected chi connectivity index (χ0v) is 8.99. The quantitative estimate of drug-likeness (QED) is 0.694. The Morgan fingerprint density at radius 3 is 2.80 bits per heavy atom. The van der Waals surface area contributed by atoms with E-state index in [9.17, 15) is 4.79 Å². The standard InChI is InChI=1S/C13H15NO/c1-9-2-3-10-7-14(11-4-5-11)8-13(15)12(10)6-9/h2-3,6,11H,4-5,7-8H2,1H3. The third kappa shape index (κ3) is 1.59. The average Bonchev–Trinajstić information content (AvgIpc) is 3.02. The number of carbonyl (C=O) groups is 1. The normalized spacial score (nSPS) is 21.5. The second-order valence-electron chi connectivity index (χ2n) is 4.72. The van der Waals surface area contributed by atoms with Crippen LogP contribution in [-0.4, -0.2) is 23.3 Å². The lowest BCUT2D eigenvalue weighted by Gasteiger charge is -2.27. The average molecular weight is 201 g/mol. The summed E-state index contributed by atoms with van der Waals surface area (Å²) in [6.07, 6.45) is 2.54. The third-order valence-corrected chi connectivity index (χ3v) is 3.35. The fraction of sp³-hybridized carbons (Fsp3) is 0.462. The summed E-state index contributed by atoms with van der Waals surface area (Å²) < 4.78 is 0. The van der Waals surface area contributed by atoms with Gasteiger partial charge >= 0.3 is 0 Å². The molecule has 0 N–H and O–H groups in total. The van der Waals surface area contributed by atoms with Crippen LogP contribution in [0, 0.1) is 6.92 Å². The number of nitrogens with zero attached hydrogens (tertiary/aromatic N) is 1. The van der Waals surface area contributed by atoms with Crippen molar-refractivity contribution in [2.24, 2.45) is 0 Å². The minimum atomic E-state index is 0.298. The Bertz CT molecular complexity index is 421. The molecule has 1 aliphatic carbocycles. The van der Waals surface area contributed by atoms with Crippen molar-refractivity contribution in [1.82, 2.24) is 4.90 Å². The van der Waals surface area contributed by atoms with Crippen molar-refractivity contribution in [1.29, 1.82) is 0 Å². The molecule has 0 radical (unpaired) electrons. The van der Waals surface area contributed by atoms with Crippen molar-refractivity contribution in [2.75, 3.05) is 6.54 Å². The molecule has 0 aromatic heterocycles. The molecule has 2 nitrogen and oxygen atoms in total. The Morgan fingerprint density at radius 2 is 2.07 bits per heavy atom. The predicted octanol–water partition coefficient (Wildman–Crippen LogP) is 2.16. The van der Waals surface area contributed by atoms with Crippen molar-refractivity contribution in [3.8, 4) is 0 Å². The number of hydrogen-bond donors (Lipinski definition) is 0. The highest BCUT2D eigenvalue weighted by atomic mass is 16.1. The molecule has 0 atom stereocenters. The van der Waals surface area contributed by atoms with Crippen LogP contribution >= 0.6 is 0 Å². The maximum Gasteiger partial charge on any atom is 0.177 e. The predicted molar refractivity (Wildman–Crippen MR) is 58.9 cm³/mol. The number of carbonyl (C=O) groups excluding carboxylic acids is 1. The van der Waals surface area contributed by atoms with Gasteiger partial charge in [-0.05, 0) is 31.4 Å². The van der Waals surface area contributed by atoms with Gasteiger partial charge in [0.05, 0.1) is 6.54 Å². The molecule has 1 saturated carbocycles. The Morgan fingerprint density at radius 1 is 1.27 bits per heavy atom. The number of hydrogen-bond acceptors (Lipinski definition) is 2. The summed E-state index contributed by atoms with van der Waals surface area (Å²) in [6, 6.07) is 6.92. The van der Waals surface area contributed by atoms with Crippen molar-refractivity contribution in [3.63, 3.8) is 0 Å². The molecule has 0 spiro atoms. The van der Waals surface area contributed by atoms with Crippen LogP contribution < -0.4 is 0 Å². The number of Topliss-reactive ketones (excluding diaryl/α,β-unsaturated/α-hetero) is 1. The largest absolute Gasteiger partial charge is 0.293 e. The minimum absolute atomic E-state index is 0.298. The van der Waals surface area contributed by atoms with E-state index in [2.05, 4.69) is 17.0 Å². The molecule has 15 heavy (non-hydrogen) atoms. The highest BCUT2D eigenvalue weighted by Gasteiger charge is 2.33. The fourth-order valence-electron chi connectivity index (χ4n) is 2.33. The lowest BCUT2D eigenvalue weighted by atomic mass is 9.96. The van der Waals surface area contributed by atoms with Crippen LogP contribution in [0.4, 0.5) is 0 Å². The molecule has 1 fully saturated rings. The number of fused-ring (bicyclic) bond motifs is 1. The zero-order valence-electron chi connectivity index (χ0n) is 8.99.